The largest absolute Gasteiger partial charge is 0.369 e. The van der Waals surface area contributed by atoms with Crippen LogP contribution in [0.2, 0.25) is 0 Å². The number of rotatable bonds is 2. The van der Waals surface area contributed by atoms with Crippen LogP contribution >= 0.6 is 0 Å². The lowest BCUT2D eigenvalue weighted by molar-refractivity contribution is 0.580. The van der Waals surface area contributed by atoms with Crippen molar-refractivity contribution in [3.8, 4) is 0 Å². The minimum atomic E-state index is -0.452. The first-order valence-corrected chi connectivity index (χ1v) is 5.55. The molecule has 0 spiro atoms. The van der Waals surface area contributed by atoms with Gasteiger partial charge in [0.25, 0.3) is 0 Å². The van der Waals surface area contributed by atoms with E-state index in [1.165, 1.54) is 6.08 Å². The van der Waals surface area contributed by atoms with E-state index in [2.05, 4.69) is 21.8 Å². The van der Waals surface area contributed by atoms with Crippen molar-refractivity contribution in [2.75, 3.05) is 31.1 Å². The molecule has 1 aliphatic heterocycles. The van der Waals surface area contributed by atoms with Gasteiger partial charge in [-0.15, -0.1) is 0 Å². The maximum absolute atomic E-state index is 13.2. The molecule has 0 aromatic carbocycles. The van der Waals surface area contributed by atoms with Crippen molar-refractivity contribution in [1.82, 2.24) is 10.3 Å². The molecule has 1 saturated heterocycles. The quantitative estimate of drug-likeness (QED) is 0.770. The van der Waals surface area contributed by atoms with Crippen molar-refractivity contribution >= 4 is 11.8 Å². The van der Waals surface area contributed by atoms with Gasteiger partial charge < -0.3 is 10.2 Å². The molecular formula is C12H16FN3. The van der Waals surface area contributed by atoms with Crippen LogP contribution < -0.4 is 10.2 Å². The predicted molar refractivity (Wildman–Crippen MR) is 64.0 cm³/mol. The van der Waals surface area contributed by atoms with Crippen LogP contribution in [0, 0.1) is 5.95 Å². The number of pyridine rings is 1. The van der Waals surface area contributed by atoms with Crippen molar-refractivity contribution in [3.05, 3.63) is 30.4 Å². The second-order valence-corrected chi connectivity index (χ2v) is 3.87. The fourth-order valence-corrected chi connectivity index (χ4v) is 1.87. The molecule has 1 aliphatic rings. The first-order chi connectivity index (χ1) is 7.81. The van der Waals surface area contributed by atoms with E-state index in [1.807, 2.05) is 0 Å². The molecule has 0 aliphatic carbocycles. The molecule has 0 atom stereocenters. The highest BCUT2D eigenvalue weighted by atomic mass is 19.1. The van der Waals surface area contributed by atoms with Crippen LogP contribution in [-0.4, -0.2) is 31.2 Å². The van der Waals surface area contributed by atoms with E-state index in [0.717, 1.165) is 38.3 Å². The Morgan fingerprint density at radius 3 is 3.12 bits per heavy atom. The van der Waals surface area contributed by atoms with Crippen molar-refractivity contribution in [1.29, 1.82) is 0 Å². The predicted octanol–water partition coefficient (Wildman–Crippen LogP) is 1.66. The molecule has 1 N–H and O–H groups in total. The number of anilines is 1. The minimum Gasteiger partial charge on any atom is -0.369 e. The van der Waals surface area contributed by atoms with Gasteiger partial charge in [-0.25, -0.2) is 4.98 Å². The van der Waals surface area contributed by atoms with Gasteiger partial charge in [0.2, 0.25) is 5.95 Å². The molecule has 0 bridgehead atoms. The van der Waals surface area contributed by atoms with Crippen LogP contribution in [0.4, 0.5) is 10.1 Å². The summed E-state index contributed by atoms with van der Waals surface area (Å²) in [5.41, 5.74) is 1.44. The normalized spacial score (nSPS) is 16.9. The molecule has 1 aromatic heterocycles. The zero-order valence-corrected chi connectivity index (χ0v) is 9.25. The lowest BCUT2D eigenvalue weighted by Gasteiger charge is -2.22. The molecule has 3 nitrogen and oxygen atoms in total. The molecule has 4 heteroatoms. The molecule has 1 fully saturated rings. The Balaban J connectivity index is 2.21. The summed E-state index contributed by atoms with van der Waals surface area (Å²) in [5.74, 6) is -0.452. The first kappa shape index (κ1) is 11.1. The highest BCUT2D eigenvalue weighted by molar-refractivity contribution is 5.55. The molecule has 0 saturated carbocycles. The average Bonchev–Trinajstić information content (AvgIpc) is 2.58. The molecule has 2 heterocycles. The Labute approximate surface area is 95.0 Å². The summed E-state index contributed by atoms with van der Waals surface area (Å²) >= 11 is 0. The summed E-state index contributed by atoms with van der Waals surface area (Å²) in [4.78, 5) is 5.98. The molecule has 86 valence electrons. The summed E-state index contributed by atoms with van der Waals surface area (Å²) in [6.45, 7) is 7.50. The number of nitrogens with zero attached hydrogens (tertiary/aromatic N) is 2. The molecule has 1 aromatic rings. The van der Waals surface area contributed by atoms with Gasteiger partial charge >= 0.3 is 0 Å². The highest BCUT2D eigenvalue weighted by Gasteiger charge is 2.11. The second kappa shape index (κ2) is 5.07. The SMILES string of the molecule is C=Cc1cc(N2CCCNCC2)cnc1F. The highest BCUT2D eigenvalue weighted by Crippen LogP contribution is 2.18. The van der Waals surface area contributed by atoms with Gasteiger partial charge in [0, 0.05) is 25.2 Å². The fourth-order valence-electron chi connectivity index (χ4n) is 1.87. The average molecular weight is 221 g/mol. The Morgan fingerprint density at radius 1 is 1.44 bits per heavy atom. The van der Waals surface area contributed by atoms with Crippen LogP contribution in [0.25, 0.3) is 6.08 Å². The summed E-state index contributed by atoms with van der Waals surface area (Å²) in [5, 5.41) is 3.33. The second-order valence-electron chi connectivity index (χ2n) is 3.87. The Hall–Kier alpha value is -1.42. The van der Waals surface area contributed by atoms with E-state index in [9.17, 15) is 4.39 Å². The summed E-state index contributed by atoms with van der Waals surface area (Å²) in [7, 11) is 0. The molecule has 0 amide bonds. The van der Waals surface area contributed by atoms with Gasteiger partial charge in [-0.05, 0) is 19.0 Å². The molecular weight excluding hydrogens is 205 g/mol. The van der Waals surface area contributed by atoms with Crippen LogP contribution in [-0.2, 0) is 0 Å². The zero-order valence-electron chi connectivity index (χ0n) is 9.25. The van der Waals surface area contributed by atoms with Gasteiger partial charge in [-0.2, -0.15) is 4.39 Å². The number of halogens is 1. The van der Waals surface area contributed by atoms with Gasteiger partial charge in [-0.1, -0.05) is 12.7 Å². The molecule has 2 rings (SSSR count). The molecule has 0 radical (unpaired) electrons. The Kier molecular flexibility index (Phi) is 3.51. The monoisotopic (exact) mass is 221 g/mol. The van der Waals surface area contributed by atoms with E-state index >= 15 is 0 Å². The topological polar surface area (TPSA) is 28.2 Å². The van der Waals surface area contributed by atoms with E-state index < -0.39 is 5.95 Å². The third kappa shape index (κ3) is 2.39. The molecule has 0 unspecified atom stereocenters. The number of nitrogens with one attached hydrogen (secondary N) is 1. The number of hydrogen-bond acceptors (Lipinski definition) is 3. The van der Waals surface area contributed by atoms with Crippen LogP contribution in [0.15, 0.2) is 18.8 Å². The van der Waals surface area contributed by atoms with Gasteiger partial charge in [0.1, 0.15) is 0 Å². The third-order valence-corrected chi connectivity index (χ3v) is 2.78. The van der Waals surface area contributed by atoms with Crippen LogP contribution in [0.5, 0.6) is 0 Å². The fraction of sp³-hybridized carbons (Fsp3) is 0.417. The van der Waals surface area contributed by atoms with Gasteiger partial charge in [0.05, 0.1) is 11.9 Å². The first-order valence-electron chi connectivity index (χ1n) is 5.55. The zero-order chi connectivity index (χ0) is 11.4. The van der Waals surface area contributed by atoms with Crippen LogP contribution in [0.3, 0.4) is 0 Å². The van der Waals surface area contributed by atoms with E-state index in [4.69, 9.17) is 0 Å². The van der Waals surface area contributed by atoms with E-state index in [0.29, 0.717) is 5.56 Å². The standard InChI is InChI=1S/C12H16FN3/c1-2-10-8-11(9-15-12(10)13)16-6-3-4-14-5-7-16/h2,8-9,14H,1,3-7H2. The van der Waals surface area contributed by atoms with Crippen molar-refractivity contribution in [2.45, 2.75) is 6.42 Å². The number of aromatic nitrogens is 1. The Bertz CT molecular complexity index is 371. The maximum atomic E-state index is 13.2. The van der Waals surface area contributed by atoms with Crippen LogP contribution in [0.1, 0.15) is 12.0 Å². The minimum absolute atomic E-state index is 0.452. The van der Waals surface area contributed by atoms with Crippen molar-refractivity contribution in [2.24, 2.45) is 0 Å². The van der Waals surface area contributed by atoms with E-state index in [1.54, 1.807) is 12.3 Å². The van der Waals surface area contributed by atoms with Gasteiger partial charge in [-0.3, -0.25) is 0 Å². The summed E-state index contributed by atoms with van der Waals surface area (Å²) in [6, 6.07) is 1.81. The summed E-state index contributed by atoms with van der Waals surface area (Å²) < 4.78 is 13.2. The van der Waals surface area contributed by atoms with Gasteiger partial charge in [0.15, 0.2) is 0 Å². The maximum Gasteiger partial charge on any atom is 0.220 e. The van der Waals surface area contributed by atoms with Crippen molar-refractivity contribution in [3.63, 3.8) is 0 Å². The third-order valence-electron chi connectivity index (χ3n) is 2.78. The lowest BCUT2D eigenvalue weighted by Crippen LogP contribution is -2.28. The number of hydrogen-bond donors (Lipinski definition) is 1. The smallest absolute Gasteiger partial charge is 0.220 e. The van der Waals surface area contributed by atoms with E-state index in [-0.39, 0.29) is 0 Å². The summed E-state index contributed by atoms with van der Waals surface area (Å²) in [6.07, 6.45) is 4.19. The molecule has 16 heavy (non-hydrogen) atoms. The lowest BCUT2D eigenvalue weighted by atomic mass is 10.2. The Morgan fingerprint density at radius 2 is 2.31 bits per heavy atom. The van der Waals surface area contributed by atoms with Crippen molar-refractivity contribution < 1.29 is 4.39 Å².